The van der Waals surface area contributed by atoms with Crippen LogP contribution in [0.25, 0.3) is 0 Å². The van der Waals surface area contributed by atoms with Crippen LogP contribution >= 0.6 is 27.0 Å². The van der Waals surface area contributed by atoms with Gasteiger partial charge in [0.1, 0.15) is 0 Å². The van der Waals surface area contributed by atoms with E-state index < -0.39 is 0 Å². The second kappa shape index (κ2) is 22.5. The van der Waals surface area contributed by atoms with Crippen molar-refractivity contribution in [2.45, 2.75) is 0 Å². The molecule has 0 amide bonds. The third kappa shape index (κ3) is 9.38. The molecule has 0 heterocycles. The zero-order valence-corrected chi connectivity index (χ0v) is 7.90. The molecule has 24 valence electrons. The topological polar surface area (TPSA) is 0 Å². The van der Waals surface area contributed by atoms with Gasteiger partial charge in [0.05, 0.1) is 0 Å². The summed E-state index contributed by atoms with van der Waals surface area (Å²) in [5.74, 6) is 0. The van der Waals surface area contributed by atoms with E-state index in [0.29, 0.717) is 0 Å². The Bertz CT molecular complexity index is 3.25. The van der Waals surface area contributed by atoms with Gasteiger partial charge in [-0.25, -0.2) is 0 Å². The van der Waals surface area contributed by atoms with Gasteiger partial charge in [-0.05, 0) is 0 Å². The van der Waals surface area contributed by atoms with Gasteiger partial charge >= 0.3 is 19.5 Å². The van der Waals surface area contributed by atoms with Crippen molar-refractivity contribution in [3.8, 4) is 0 Å². The summed E-state index contributed by atoms with van der Waals surface area (Å²) in [6.07, 6.45) is 0. The van der Waals surface area contributed by atoms with Crippen molar-refractivity contribution in [1.82, 2.24) is 0 Å². The van der Waals surface area contributed by atoms with Crippen LogP contribution in [-0.4, -0.2) is 0 Å². The molecule has 0 atom stereocenters. The quantitative estimate of drug-likeness (QED) is 0.451. The summed E-state index contributed by atoms with van der Waals surface area (Å²) in [6.45, 7) is 0. The largest absolute Gasteiger partial charge is 2.00 e. The average molecular weight is 166 g/mol. The molecule has 0 bridgehead atoms. The predicted molar refractivity (Wildman–Crippen MR) is 28.1 cm³/mol. The Morgan fingerprint density at radius 3 is 0.750 bits per heavy atom. The van der Waals surface area contributed by atoms with E-state index in [4.69, 9.17) is 0 Å². The molecule has 0 nitrogen and oxygen atoms in total. The van der Waals surface area contributed by atoms with Gasteiger partial charge in [0.25, 0.3) is 0 Å². The molecular weight excluding hydrogens is 162 g/mol. The standard InChI is InChI=1S/2H2S.S.Zn/h2*1H2;;/q;;-2;+2. The second-order valence-corrected chi connectivity index (χ2v) is 0. The minimum Gasteiger partial charge on any atom is -2.00 e. The predicted octanol–water partition coefficient (Wildman–Crippen LogP) is 0.221. The summed E-state index contributed by atoms with van der Waals surface area (Å²) in [6, 6.07) is 0. The maximum Gasteiger partial charge on any atom is 2.00 e. The Balaban J connectivity index is 0. The van der Waals surface area contributed by atoms with E-state index in [-0.39, 0.29) is 60.0 Å². The van der Waals surface area contributed by atoms with Gasteiger partial charge in [0, 0.05) is 0 Å². The van der Waals surface area contributed by atoms with E-state index in [0.717, 1.165) is 0 Å². The Hall–Kier alpha value is 1.67. The Morgan fingerprint density at radius 2 is 0.750 bits per heavy atom. The first kappa shape index (κ1) is 44.3. The fourth-order valence-electron chi connectivity index (χ4n) is 0. The van der Waals surface area contributed by atoms with E-state index in [9.17, 15) is 0 Å². The molecule has 0 unspecified atom stereocenters. The molecule has 0 fully saturated rings. The van der Waals surface area contributed by atoms with E-state index in [1.165, 1.54) is 0 Å². The monoisotopic (exact) mass is 164 g/mol. The minimum absolute atomic E-state index is 0. The van der Waals surface area contributed by atoms with Crippen molar-refractivity contribution >= 4 is 40.5 Å². The van der Waals surface area contributed by atoms with Gasteiger partial charge in [-0.3, -0.25) is 0 Å². The van der Waals surface area contributed by atoms with Crippen LogP contribution in [0.2, 0.25) is 0 Å². The molecule has 0 aliphatic carbocycles. The van der Waals surface area contributed by atoms with E-state index in [1.807, 2.05) is 0 Å². The van der Waals surface area contributed by atoms with Crippen LogP contribution in [0, 0.1) is 0 Å². The maximum atomic E-state index is 0. The average Bonchev–Trinajstić information content (AvgIpc) is 0. The van der Waals surface area contributed by atoms with Crippen LogP contribution in [0.5, 0.6) is 0 Å². The number of rotatable bonds is 0. The molecule has 0 spiro atoms. The van der Waals surface area contributed by atoms with E-state index in [2.05, 4.69) is 0 Å². The SMILES string of the molecule is S.S.[S-2].[Zn+2]. The molecule has 4 heteroatoms. The third-order valence-electron chi connectivity index (χ3n) is 0. The summed E-state index contributed by atoms with van der Waals surface area (Å²) >= 11 is 0. The van der Waals surface area contributed by atoms with Gasteiger partial charge in [-0.2, -0.15) is 27.0 Å². The van der Waals surface area contributed by atoms with Crippen LogP contribution in [0.1, 0.15) is 0 Å². The third-order valence-corrected chi connectivity index (χ3v) is 0. The van der Waals surface area contributed by atoms with Crippen molar-refractivity contribution in [2.75, 3.05) is 0 Å². The smallest absolute Gasteiger partial charge is 2.00 e. The molecule has 0 aliphatic heterocycles. The number of hydrogen-bond acceptors (Lipinski definition) is 0. The fraction of sp³-hybridized carbons (Fsp3) is 0. The van der Waals surface area contributed by atoms with Gasteiger partial charge in [0.15, 0.2) is 0 Å². The normalized spacial score (nSPS) is 0. The summed E-state index contributed by atoms with van der Waals surface area (Å²) in [4.78, 5) is 0. The molecule has 0 N–H and O–H groups in total. The fourth-order valence-corrected chi connectivity index (χ4v) is 0. The van der Waals surface area contributed by atoms with Crippen LogP contribution in [0.15, 0.2) is 0 Å². The summed E-state index contributed by atoms with van der Waals surface area (Å²) < 4.78 is 0. The van der Waals surface area contributed by atoms with Crippen molar-refractivity contribution < 1.29 is 19.5 Å². The Labute approximate surface area is 59.8 Å². The van der Waals surface area contributed by atoms with Gasteiger partial charge in [-0.15, -0.1) is 0 Å². The van der Waals surface area contributed by atoms with Crippen molar-refractivity contribution in [2.24, 2.45) is 0 Å². The molecule has 4 heavy (non-hydrogen) atoms. The molecule has 0 aromatic carbocycles. The Kier molecular flexibility index (Phi) is 249. The first-order valence-corrected chi connectivity index (χ1v) is 0. The van der Waals surface area contributed by atoms with Crippen LogP contribution in [0.3, 0.4) is 0 Å². The molecule has 0 radical (unpaired) electrons. The molecule has 0 saturated heterocycles. The van der Waals surface area contributed by atoms with Gasteiger partial charge in [-0.1, -0.05) is 0 Å². The van der Waals surface area contributed by atoms with E-state index in [1.54, 1.807) is 0 Å². The molecule has 0 aliphatic rings. The van der Waals surface area contributed by atoms with Gasteiger partial charge < -0.3 is 13.5 Å². The van der Waals surface area contributed by atoms with Crippen molar-refractivity contribution in [3.63, 3.8) is 0 Å². The molecule has 0 saturated carbocycles. The Morgan fingerprint density at radius 1 is 0.750 bits per heavy atom. The second-order valence-electron chi connectivity index (χ2n) is 0. The molecule has 0 aromatic heterocycles. The number of hydrogen-bond donors (Lipinski definition) is 0. The molecular formula is H4S3Zn. The zero-order valence-electron chi connectivity index (χ0n) is 2.12. The maximum absolute atomic E-state index is 0. The van der Waals surface area contributed by atoms with E-state index >= 15 is 0 Å². The first-order chi connectivity index (χ1) is 0. The molecule has 0 rings (SSSR count). The molecule has 0 aromatic rings. The van der Waals surface area contributed by atoms with Crippen molar-refractivity contribution in [1.29, 1.82) is 0 Å². The minimum atomic E-state index is 0. The van der Waals surface area contributed by atoms with Crippen LogP contribution < -0.4 is 0 Å². The summed E-state index contributed by atoms with van der Waals surface area (Å²) in [7, 11) is 0. The summed E-state index contributed by atoms with van der Waals surface area (Å²) in [5.41, 5.74) is 0. The summed E-state index contributed by atoms with van der Waals surface area (Å²) in [5, 5.41) is 0. The van der Waals surface area contributed by atoms with Gasteiger partial charge in [0.2, 0.25) is 0 Å². The van der Waals surface area contributed by atoms with Crippen LogP contribution in [0.4, 0.5) is 0 Å². The van der Waals surface area contributed by atoms with Crippen LogP contribution in [-0.2, 0) is 33.0 Å². The first-order valence-electron chi connectivity index (χ1n) is 0. The van der Waals surface area contributed by atoms with Crippen molar-refractivity contribution in [3.05, 3.63) is 0 Å². The zero-order chi connectivity index (χ0) is 0.